The third-order valence-corrected chi connectivity index (χ3v) is 4.58. The number of aromatic nitrogens is 3. The Morgan fingerprint density at radius 1 is 1.33 bits per heavy atom. The van der Waals surface area contributed by atoms with Gasteiger partial charge in [-0.3, -0.25) is 0 Å². The molecule has 1 unspecified atom stereocenters. The molecule has 0 aromatic carbocycles. The third-order valence-electron chi connectivity index (χ3n) is 3.59. The number of rotatable bonds is 3. The summed E-state index contributed by atoms with van der Waals surface area (Å²) in [5.74, 6) is 1.34. The zero-order valence-corrected chi connectivity index (χ0v) is 13.3. The highest BCUT2D eigenvalue weighted by molar-refractivity contribution is 7.13. The Kier molecular flexibility index (Phi) is 3.92. The monoisotopic (exact) mass is 305 g/mol. The Morgan fingerprint density at radius 2 is 2.19 bits per heavy atom. The molecule has 0 spiro atoms. The highest BCUT2D eigenvalue weighted by Crippen LogP contribution is 2.25. The van der Waals surface area contributed by atoms with Gasteiger partial charge in [0, 0.05) is 43.3 Å². The van der Waals surface area contributed by atoms with E-state index in [1.165, 1.54) is 0 Å². The van der Waals surface area contributed by atoms with Crippen LogP contribution in [0.1, 0.15) is 12.6 Å². The SMILES string of the molecule is COc1ccnc(N2CCN(c3nc(C)cs3)C(C)C2)n1. The molecule has 0 radical (unpaired) electrons. The van der Waals surface area contributed by atoms with Crippen LogP contribution in [-0.2, 0) is 0 Å². The van der Waals surface area contributed by atoms with Crippen molar-refractivity contribution in [2.75, 3.05) is 36.5 Å². The molecule has 2 aromatic heterocycles. The van der Waals surface area contributed by atoms with E-state index >= 15 is 0 Å². The first-order valence-electron chi connectivity index (χ1n) is 6.98. The standard InChI is InChI=1S/C14H19N5OS/c1-10-9-21-14(16-10)19-7-6-18(8-11(19)2)13-15-5-4-12(17-13)20-3/h4-5,9,11H,6-8H2,1-3H3. The van der Waals surface area contributed by atoms with Crippen LogP contribution in [0.15, 0.2) is 17.6 Å². The van der Waals surface area contributed by atoms with Gasteiger partial charge in [-0.1, -0.05) is 0 Å². The molecule has 2 aromatic rings. The maximum atomic E-state index is 5.17. The van der Waals surface area contributed by atoms with Crippen LogP contribution in [0.2, 0.25) is 0 Å². The Bertz CT molecular complexity index is 617. The quantitative estimate of drug-likeness (QED) is 0.864. The molecule has 1 atom stereocenters. The molecule has 0 aliphatic carbocycles. The van der Waals surface area contributed by atoms with Crippen molar-refractivity contribution in [1.29, 1.82) is 0 Å². The first-order chi connectivity index (χ1) is 10.2. The topological polar surface area (TPSA) is 54.4 Å². The van der Waals surface area contributed by atoms with Gasteiger partial charge in [0.15, 0.2) is 5.13 Å². The molecule has 3 heterocycles. The zero-order valence-electron chi connectivity index (χ0n) is 12.5. The summed E-state index contributed by atoms with van der Waals surface area (Å²) in [6.45, 7) is 6.94. The van der Waals surface area contributed by atoms with E-state index in [1.807, 2.05) is 6.92 Å². The lowest BCUT2D eigenvalue weighted by Gasteiger charge is -2.39. The largest absolute Gasteiger partial charge is 0.481 e. The van der Waals surface area contributed by atoms with E-state index in [9.17, 15) is 0 Å². The van der Waals surface area contributed by atoms with Gasteiger partial charge in [0.25, 0.3) is 0 Å². The van der Waals surface area contributed by atoms with E-state index in [1.54, 1.807) is 30.7 Å². The summed E-state index contributed by atoms with van der Waals surface area (Å²) >= 11 is 1.71. The van der Waals surface area contributed by atoms with E-state index in [4.69, 9.17) is 4.74 Å². The fraction of sp³-hybridized carbons (Fsp3) is 0.500. The molecule has 21 heavy (non-hydrogen) atoms. The summed E-state index contributed by atoms with van der Waals surface area (Å²) in [7, 11) is 1.62. The van der Waals surface area contributed by atoms with Crippen molar-refractivity contribution >= 4 is 22.4 Å². The van der Waals surface area contributed by atoms with Crippen LogP contribution < -0.4 is 14.5 Å². The maximum Gasteiger partial charge on any atom is 0.228 e. The van der Waals surface area contributed by atoms with Crippen molar-refractivity contribution in [2.45, 2.75) is 19.9 Å². The van der Waals surface area contributed by atoms with Crippen molar-refractivity contribution < 1.29 is 4.74 Å². The normalized spacial score (nSPS) is 18.9. The number of nitrogens with zero attached hydrogens (tertiary/aromatic N) is 5. The molecule has 1 aliphatic rings. The van der Waals surface area contributed by atoms with E-state index < -0.39 is 0 Å². The van der Waals surface area contributed by atoms with E-state index in [2.05, 4.69) is 37.1 Å². The fourth-order valence-electron chi connectivity index (χ4n) is 2.50. The number of aryl methyl sites for hydroxylation is 1. The van der Waals surface area contributed by atoms with Crippen LogP contribution in [0.25, 0.3) is 0 Å². The van der Waals surface area contributed by atoms with Crippen molar-refractivity contribution in [3.8, 4) is 5.88 Å². The van der Waals surface area contributed by atoms with Crippen LogP contribution in [0.4, 0.5) is 11.1 Å². The summed E-state index contributed by atoms with van der Waals surface area (Å²) in [6, 6.07) is 2.14. The van der Waals surface area contributed by atoms with E-state index in [-0.39, 0.29) is 0 Å². The predicted octanol–water partition coefficient (Wildman–Crippen LogP) is 1.97. The maximum absolute atomic E-state index is 5.17. The molecule has 1 aliphatic heterocycles. The minimum Gasteiger partial charge on any atom is -0.481 e. The highest BCUT2D eigenvalue weighted by atomic mass is 32.1. The van der Waals surface area contributed by atoms with Crippen LogP contribution in [0.3, 0.4) is 0 Å². The van der Waals surface area contributed by atoms with E-state index in [0.717, 1.165) is 36.4 Å². The molecule has 7 heteroatoms. The lowest BCUT2D eigenvalue weighted by molar-refractivity contribution is 0.396. The second kappa shape index (κ2) is 5.85. The van der Waals surface area contributed by atoms with Gasteiger partial charge in [0.05, 0.1) is 12.8 Å². The highest BCUT2D eigenvalue weighted by Gasteiger charge is 2.27. The van der Waals surface area contributed by atoms with Gasteiger partial charge >= 0.3 is 0 Å². The molecule has 3 rings (SSSR count). The molecule has 1 saturated heterocycles. The third kappa shape index (κ3) is 2.92. The number of anilines is 2. The van der Waals surface area contributed by atoms with Crippen molar-refractivity contribution in [2.24, 2.45) is 0 Å². The molecule has 0 N–H and O–H groups in total. The minimum absolute atomic E-state index is 0.374. The summed E-state index contributed by atoms with van der Waals surface area (Å²) in [6.07, 6.45) is 1.74. The predicted molar refractivity (Wildman–Crippen MR) is 84.5 cm³/mol. The van der Waals surface area contributed by atoms with Gasteiger partial charge in [0.1, 0.15) is 0 Å². The summed E-state index contributed by atoms with van der Waals surface area (Å²) in [5, 5.41) is 3.20. The first-order valence-corrected chi connectivity index (χ1v) is 7.86. The van der Waals surface area contributed by atoms with Gasteiger partial charge < -0.3 is 14.5 Å². The number of thiazole rings is 1. The first kappa shape index (κ1) is 14.1. The Morgan fingerprint density at radius 3 is 2.86 bits per heavy atom. The average molecular weight is 305 g/mol. The Balaban J connectivity index is 1.73. The van der Waals surface area contributed by atoms with Crippen LogP contribution in [0, 0.1) is 6.92 Å². The van der Waals surface area contributed by atoms with Crippen molar-refractivity contribution in [3.63, 3.8) is 0 Å². The lowest BCUT2D eigenvalue weighted by atomic mass is 10.2. The van der Waals surface area contributed by atoms with Crippen LogP contribution in [-0.4, -0.2) is 47.7 Å². The number of ether oxygens (including phenoxy) is 1. The summed E-state index contributed by atoms with van der Waals surface area (Å²) in [4.78, 5) is 17.9. The molecular weight excluding hydrogens is 286 g/mol. The molecule has 6 nitrogen and oxygen atoms in total. The Hall–Kier alpha value is -1.89. The molecule has 1 fully saturated rings. The van der Waals surface area contributed by atoms with Crippen LogP contribution in [0.5, 0.6) is 5.88 Å². The number of piperazine rings is 1. The molecule has 0 bridgehead atoms. The molecule has 0 saturated carbocycles. The van der Waals surface area contributed by atoms with E-state index in [0.29, 0.717) is 11.9 Å². The molecular formula is C14H19N5OS. The van der Waals surface area contributed by atoms with Crippen molar-refractivity contribution in [3.05, 3.63) is 23.3 Å². The molecule has 0 amide bonds. The van der Waals surface area contributed by atoms with Gasteiger partial charge in [-0.25, -0.2) is 9.97 Å². The van der Waals surface area contributed by atoms with Gasteiger partial charge in [-0.05, 0) is 13.8 Å². The summed E-state index contributed by atoms with van der Waals surface area (Å²) in [5.41, 5.74) is 1.08. The molecule has 112 valence electrons. The summed E-state index contributed by atoms with van der Waals surface area (Å²) < 4.78 is 5.17. The Labute approximate surface area is 128 Å². The number of methoxy groups -OCH3 is 1. The smallest absolute Gasteiger partial charge is 0.228 e. The number of hydrogen-bond donors (Lipinski definition) is 0. The van der Waals surface area contributed by atoms with Gasteiger partial charge in [-0.2, -0.15) is 4.98 Å². The van der Waals surface area contributed by atoms with Crippen LogP contribution >= 0.6 is 11.3 Å². The second-order valence-corrected chi connectivity index (χ2v) is 6.00. The zero-order chi connectivity index (χ0) is 14.8. The lowest BCUT2D eigenvalue weighted by Crippen LogP contribution is -2.52. The second-order valence-electron chi connectivity index (χ2n) is 5.16. The fourth-order valence-corrected chi connectivity index (χ4v) is 3.43. The van der Waals surface area contributed by atoms with Gasteiger partial charge in [0.2, 0.25) is 11.8 Å². The van der Waals surface area contributed by atoms with Crippen molar-refractivity contribution in [1.82, 2.24) is 15.0 Å². The average Bonchev–Trinajstić information content (AvgIpc) is 2.93. The minimum atomic E-state index is 0.374. The van der Waals surface area contributed by atoms with Gasteiger partial charge in [-0.15, -0.1) is 11.3 Å². The number of hydrogen-bond acceptors (Lipinski definition) is 7.